The number of aromatic nitrogens is 3. The molecule has 144 valence electrons. The van der Waals surface area contributed by atoms with Gasteiger partial charge in [-0.1, -0.05) is 17.7 Å². The van der Waals surface area contributed by atoms with Crippen LogP contribution in [0.1, 0.15) is 24.0 Å². The number of pyridine rings is 1. The molecule has 1 fully saturated rings. The smallest absolute Gasteiger partial charge is 0.238 e. The van der Waals surface area contributed by atoms with Crippen LogP contribution in [0.5, 0.6) is 11.6 Å². The quantitative estimate of drug-likeness (QED) is 0.343. The van der Waals surface area contributed by atoms with Gasteiger partial charge in [-0.15, -0.1) is 5.10 Å². The summed E-state index contributed by atoms with van der Waals surface area (Å²) in [6, 6.07) is 11.3. The summed E-state index contributed by atoms with van der Waals surface area (Å²) in [5, 5.41) is 4.86. The van der Waals surface area contributed by atoms with Crippen LogP contribution in [0.3, 0.4) is 0 Å². The van der Waals surface area contributed by atoms with Crippen molar-refractivity contribution in [3.63, 3.8) is 0 Å². The largest absolute Gasteiger partial charge is 0.437 e. The number of nitrogens with zero attached hydrogens (tertiary/aromatic N) is 5. The highest BCUT2D eigenvalue weighted by atomic mass is 35.5. The maximum Gasteiger partial charge on any atom is 0.238 e. The van der Waals surface area contributed by atoms with Crippen molar-refractivity contribution in [2.75, 3.05) is 13.1 Å². The summed E-state index contributed by atoms with van der Waals surface area (Å²) >= 11 is 5.95. The summed E-state index contributed by atoms with van der Waals surface area (Å²) in [4.78, 5) is 11.2. The van der Waals surface area contributed by atoms with Crippen LogP contribution in [0, 0.1) is 13.8 Å². The minimum absolute atomic E-state index is 0.423. The molecule has 4 rings (SSSR count). The van der Waals surface area contributed by atoms with Crippen LogP contribution in [0.2, 0.25) is 5.15 Å². The van der Waals surface area contributed by atoms with Gasteiger partial charge < -0.3 is 9.64 Å². The third kappa shape index (κ3) is 4.17. The zero-order valence-electron chi connectivity index (χ0n) is 16.0. The first-order valence-electron chi connectivity index (χ1n) is 9.34. The molecular weight excluding hydrogens is 374 g/mol. The Balaban J connectivity index is 1.51. The van der Waals surface area contributed by atoms with Gasteiger partial charge in [-0.05, 0) is 62.1 Å². The molecule has 2 aromatic heterocycles. The van der Waals surface area contributed by atoms with Crippen molar-refractivity contribution < 1.29 is 4.74 Å². The van der Waals surface area contributed by atoms with Gasteiger partial charge in [-0.3, -0.25) is 0 Å². The first-order valence-corrected chi connectivity index (χ1v) is 9.72. The van der Waals surface area contributed by atoms with Crippen LogP contribution in [0.25, 0.3) is 5.82 Å². The van der Waals surface area contributed by atoms with Gasteiger partial charge in [-0.2, -0.15) is 0 Å². The zero-order chi connectivity index (χ0) is 19.5. The summed E-state index contributed by atoms with van der Waals surface area (Å²) in [6.07, 6.45) is 6.24. The number of rotatable bonds is 5. The molecule has 0 atom stereocenters. The van der Waals surface area contributed by atoms with Gasteiger partial charge in [0.15, 0.2) is 5.82 Å². The molecule has 1 aromatic carbocycles. The predicted molar refractivity (Wildman–Crippen MR) is 111 cm³/mol. The normalized spacial score (nSPS) is 14.2. The number of halogens is 1. The SMILES string of the molecule is Cc1cc(Oc2ccn(-c3cccc(Cl)n3)n2)c(C)cc1N=CN1CCCC1. The van der Waals surface area contributed by atoms with Crippen LogP contribution in [0.4, 0.5) is 5.69 Å². The van der Waals surface area contributed by atoms with E-state index < -0.39 is 0 Å². The number of hydrogen-bond donors (Lipinski definition) is 0. The molecule has 0 aliphatic carbocycles. The van der Waals surface area contributed by atoms with E-state index in [4.69, 9.17) is 16.3 Å². The fourth-order valence-corrected chi connectivity index (χ4v) is 3.31. The van der Waals surface area contributed by atoms with Crippen LogP contribution < -0.4 is 4.74 Å². The predicted octanol–water partition coefficient (Wildman–Crippen LogP) is 5.09. The van der Waals surface area contributed by atoms with Crippen molar-refractivity contribution in [3.8, 4) is 17.4 Å². The Labute approximate surface area is 169 Å². The molecule has 0 bridgehead atoms. The minimum Gasteiger partial charge on any atom is -0.437 e. The summed E-state index contributed by atoms with van der Waals surface area (Å²) in [7, 11) is 0. The third-order valence-corrected chi connectivity index (χ3v) is 4.92. The van der Waals surface area contributed by atoms with Crippen molar-refractivity contribution in [1.29, 1.82) is 0 Å². The first-order chi connectivity index (χ1) is 13.6. The first kappa shape index (κ1) is 18.5. The second-order valence-electron chi connectivity index (χ2n) is 6.91. The molecule has 0 radical (unpaired) electrons. The van der Waals surface area contributed by atoms with Gasteiger partial charge in [0.2, 0.25) is 5.88 Å². The van der Waals surface area contributed by atoms with E-state index in [1.54, 1.807) is 23.0 Å². The van der Waals surface area contributed by atoms with Crippen LogP contribution in [-0.4, -0.2) is 39.1 Å². The summed E-state index contributed by atoms with van der Waals surface area (Å²) in [5.74, 6) is 1.90. The molecule has 0 N–H and O–H groups in total. The molecule has 7 heteroatoms. The van der Waals surface area contributed by atoms with Gasteiger partial charge in [0.25, 0.3) is 0 Å². The summed E-state index contributed by atoms with van der Waals surface area (Å²) in [6.45, 7) is 6.23. The molecule has 6 nitrogen and oxygen atoms in total. The highest BCUT2D eigenvalue weighted by Gasteiger charge is 2.11. The monoisotopic (exact) mass is 395 g/mol. The van der Waals surface area contributed by atoms with Gasteiger partial charge in [0.1, 0.15) is 10.9 Å². The van der Waals surface area contributed by atoms with E-state index in [-0.39, 0.29) is 0 Å². The molecule has 0 saturated carbocycles. The van der Waals surface area contributed by atoms with Crippen LogP contribution in [0.15, 0.2) is 47.6 Å². The minimum atomic E-state index is 0.423. The van der Waals surface area contributed by atoms with E-state index in [0.29, 0.717) is 16.9 Å². The van der Waals surface area contributed by atoms with Crippen molar-refractivity contribution in [3.05, 3.63) is 58.9 Å². The number of aryl methyl sites for hydroxylation is 2. The second-order valence-corrected chi connectivity index (χ2v) is 7.30. The number of likely N-dealkylation sites (tertiary alicyclic amines) is 1. The van der Waals surface area contributed by atoms with E-state index >= 15 is 0 Å². The molecule has 1 aliphatic heterocycles. The van der Waals surface area contributed by atoms with E-state index in [1.807, 2.05) is 44.5 Å². The van der Waals surface area contributed by atoms with Gasteiger partial charge in [0, 0.05) is 25.4 Å². The lowest BCUT2D eigenvalue weighted by Gasteiger charge is -2.12. The van der Waals surface area contributed by atoms with Crippen LogP contribution >= 0.6 is 11.6 Å². The molecule has 0 spiro atoms. The van der Waals surface area contributed by atoms with E-state index in [2.05, 4.69) is 20.0 Å². The maximum absolute atomic E-state index is 6.00. The highest BCUT2D eigenvalue weighted by Crippen LogP contribution is 2.31. The molecular formula is C21H22ClN5O. The maximum atomic E-state index is 6.00. The van der Waals surface area contributed by atoms with E-state index in [9.17, 15) is 0 Å². The average molecular weight is 396 g/mol. The Morgan fingerprint density at radius 3 is 2.71 bits per heavy atom. The Morgan fingerprint density at radius 1 is 1.11 bits per heavy atom. The molecule has 3 heterocycles. The Bertz CT molecular complexity index is 1010. The molecule has 1 saturated heterocycles. The van der Waals surface area contributed by atoms with Gasteiger partial charge in [-0.25, -0.2) is 14.7 Å². The van der Waals surface area contributed by atoms with Crippen molar-refractivity contribution in [2.24, 2.45) is 4.99 Å². The fourth-order valence-electron chi connectivity index (χ4n) is 3.15. The van der Waals surface area contributed by atoms with Crippen molar-refractivity contribution in [1.82, 2.24) is 19.7 Å². The Kier molecular flexibility index (Phi) is 5.30. The summed E-state index contributed by atoms with van der Waals surface area (Å²) in [5.41, 5.74) is 3.03. The topological polar surface area (TPSA) is 55.5 Å². The molecule has 3 aromatic rings. The molecule has 0 unspecified atom stereocenters. The van der Waals surface area contributed by atoms with Crippen molar-refractivity contribution >= 4 is 23.6 Å². The third-order valence-electron chi connectivity index (χ3n) is 4.71. The molecule has 1 aliphatic rings. The van der Waals surface area contributed by atoms with Crippen molar-refractivity contribution in [2.45, 2.75) is 26.7 Å². The number of ether oxygens (including phenoxy) is 1. The second kappa shape index (κ2) is 8.02. The summed E-state index contributed by atoms with van der Waals surface area (Å²) < 4.78 is 7.64. The molecule has 28 heavy (non-hydrogen) atoms. The average Bonchev–Trinajstić information content (AvgIpc) is 3.35. The lowest BCUT2D eigenvalue weighted by molar-refractivity contribution is 0.453. The zero-order valence-corrected chi connectivity index (χ0v) is 16.7. The van der Waals surface area contributed by atoms with Crippen LogP contribution in [-0.2, 0) is 0 Å². The fraction of sp³-hybridized carbons (Fsp3) is 0.286. The number of benzene rings is 1. The molecule has 0 amide bonds. The highest BCUT2D eigenvalue weighted by molar-refractivity contribution is 6.29. The standard InChI is InChI=1S/C21H22ClN5O/c1-15-13-18(16(2)12-17(15)23-14-26-9-3-4-10-26)28-21-8-11-27(25-21)20-7-5-6-19(22)24-20/h5-8,11-14H,3-4,9-10H2,1-2H3. The Hall–Kier alpha value is -2.86. The number of aliphatic imine (C=N–C) groups is 1. The van der Waals surface area contributed by atoms with Gasteiger partial charge in [0.05, 0.1) is 12.0 Å². The van der Waals surface area contributed by atoms with Gasteiger partial charge >= 0.3 is 0 Å². The Morgan fingerprint density at radius 2 is 1.93 bits per heavy atom. The lowest BCUT2D eigenvalue weighted by Crippen LogP contribution is -2.16. The lowest BCUT2D eigenvalue weighted by atomic mass is 10.1. The van der Waals surface area contributed by atoms with E-state index in [0.717, 1.165) is 35.7 Å². The van der Waals surface area contributed by atoms with E-state index in [1.165, 1.54) is 12.8 Å². The number of hydrogen-bond acceptors (Lipinski definition) is 4.